The van der Waals surface area contributed by atoms with E-state index in [0.717, 1.165) is 36.2 Å². The summed E-state index contributed by atoms with van der Waals surface area (Å²) in [6.07, 6.45) is 3.40. The number of carbonyl (C=O) groups is 2. The van der Waals surface area contributed by atoms with Gasteiger partial charge >= 0.3 is 6.61 Å². The molecular formula is C28H45F2NO3. The largest absolute Gasteiger partial charge is 0.435 e. The lowest BCUT2D eigenvalue weighted by Crippen LogP contribution is -2.10. The zero-order valence-corrected chi connectivity index (χ0v) is 22.5. The van der Waals surface area contributed by atoms with E-state index in [1.807, 2.05) is 53.7 Å². The van der Waals surface area contributed by atoms with Crippen molar-refractivity contribution in [2.45, 2.75) is 88.2 Å². The number of alkyl halides is 2. The van der Waals surface area contributed by atoms with Gasteiger partial charge in [0, 0.05) is 12.0 Å². The predicted octanol–water partition coefficient (Wildman–Crippen LogP) is 7.93. The molecule has 0 aromatic heterocycles. The summed E-state index contributed by atoms with van der Waals surface area (Å²) in [7, 11) is 0. The maximum absolute atomic E-state index is 11.8. The van der Waals surface area contributed by atoms with Crippen LogP contribution < -0.4 is 10.5 Å². The Kier molecular flexibility index (Phi) is 24.7. The van der Waals surface area contributed by atoms with Crippen molar-refractivity contribution in [3.8, 4) is 5.75 Å². The van der Waals surface area contributed by atoms with E-state index in [0.29, 0.717) is 12.0 Å². The maximum Gasteiger partial charge on any atom is 0.387 e. The van der Waals surface area contributed by atoms with Gasteiger partial charge in [0.15, 0.2) is 0 Å². The summed E-state index contributed by atoms with van der Waals surface area (Å²) < 4.78 is 27.9. The van der Waals surface area contributed by atoms with Gasteiger partial charge in [-0.1, -0.05) is 73.1 Å². The number of rotatable bonds is 6. The molecule has 4 nitrogen and oxygen atoms in total. The summed E-state index contributed by atoms with van der Waals surface area (Å²) in [6.45, 7) is 15.6. The Morgan fingerprint density at radius 2 is 1.53 bits per heavy atom. The number of amides is 1. The van der Waals surface area contributed by atoms with E-state index in [1.54, 1.807) is 24.3 Å². The SMILES string of the molecule is CC.CC(C)C.CCC=O.CCCc1cccc(OC(F)F)c1.Cc1ccc(C(N)=O)cc1C. The number of hydrogen-bond donors (Lipinski definition) is 1. The lowest BCUT2D eigenvalue weighted by molar-refractivity contribution is -0.107. The number of hydrogen-bond acceptors (Lipinski definition) is 3. The van der Waals surface area contributed by atoms with E-state index >= 15 is 0 Å². The van der Waals surface area contributed by atoms with Crippen LogP contribution >= 0.6 is 0 Å². The maximum atomic E-state index is 11.8. The molecule has 0 aliphatic heterocycles. The first kappa shape index (κ1) is 35.8. The molecule has 0 saturated carbocycles. The van der Waals surface area contributed by atoms with Gasteiger partial charge in [0.2, 0.25) is 5.91 Å². The molecule has 0 aliphatic rings. The third-order valence-electron chi connectivity index (χ3n) is 3.62. The molecule has 0 radical (unpaired) electrons. The van der Waals surface area contributed by atoms with E-state index in [-0.39, 0.29) is 11.7 Å². The number of aryl methyl sites for hydroxylation is 3. The Morgan fingerprint density at radius 3 is 1.91 bits per heavy atom. The van der Waals surface area contributed by atoms with Crippen LogP contribution in [0.3, 0.4) is 0 Å². The molecule has 0 atom stereocenters. The molecule has 2 N–H and O–H groups in total. The number of carbonyl (C=O) groups excluding carboxylic acids is 2. The minimum Gasteiger partial charge on any atom is -0.435 e. The highest BCUT2D eigenvalue weighted by molar-refractivity contribution is 5.93. The number of benzene rings is 2. The van der Waals surface area contributed by atoms with Gasteiger partial charge in [0.05, 0.1) is 0 Å². The number of halogens is 2. The molecule has 0 spiro atoms. The first-order valence-corrected chi connectivity index (χ1v) is 11.8. The van der Waals surface area contributed by atoms with Crippen molar-refractivity contribution in [1.29, 1.82) is 0 Å². The monoisotopic (exact) mass is 481 g/mol. The molecule has 2 aromatic carbocycles. The van der Waals surface area contributed by atoms with Crippen LogP contribution in [0, 0.1) is 19.8 Å². The second-order valence-electron chi connectivity index (χ2n) is 7.75. The number of primary amides is 1. The van der Waals surface area contributed by atoms with Gasteiger partial charge in [0.1, 0.15) is 12.0 Å². The van der Waals surface area contributed by atoms with E-state index in [9.17, 15) is 18.4 Å². The molecular weight excluding hydrogens is 436 g/mol. The highest BCUT2D eigenvalue weighted by atomic mass is 19.3. The zero-order chi connectivity index (χ0) is 27.1. The summed E-state index contributed by atoms with van der Waals surface area (Å²) in [5.41, 5.74) is 8.97. The Balaban J connectivity index is -0.000000412. The van der Waals surface area contributed by atoms with Crippen molar-refractivity contribution >= 4 is 12.2 Å². The molecule has 2 rings (SSSR count). The van der Waals surface area contributed by atoms with Crippen LogP contribution in [0.5, 0.6) is 5.75 Å². The lowest BCUT2D eigenvalue weighted by Gasteiger charge is -2.05. The second kappa shape index (κ2) is 23.4. The third-order valence-corrected chi connectivity index (χ3v) is 3.62. The first-order valence-electron chi connectivity index (χ1n) is 11.8. The van der Waals surface area contributed by atoms with Crippen molar-refractivity contribution < 1.29 is 23.1 Å². The summed E-state index contributed by atoms with van der Waals surface area (Å²) in [4.78, 5) is 19.9. The van der Waals surface area contributed by atoms with Gasteiger partial charge in [0.25, 0.3) is 0 Å². The average Bonchev–Trinajstić information content (AvgIpc) is 2.77. The molecule has 2 aromatic rings. The summed E-state index contributed by atoms with van der Waals surface area (Å²) in [5.74, 6) is 0.703. The van der Waals surface area contributed by atoms with E-state index in [2.05, 4.69) is 25.5 Å². The topological polar surface area (TPSA) is 69.4 Å². The van der Waals surface area contributed by atoms with Crippen molar-refractivity contribution in [2.75, 3.05) is 0 Å². The second-order valence-corrected chi connectivity index (χ2v) is 7.75. The van der Waals surface area contributed by atoms with E-state index in [4.69, 9.17) is 5.73 Å². The average molecular weight is 482 g/mol. The van der Waals surface area contributed by atoms with Crippen LogP contribution in [0.1, 0.15) is 88.4 Å². The van der Waals surface area contributed by atoms with Crippen LogP contribution in [0.25, 0.3) is 0 Å². The van der Waals surface area contributed by atoms with Gasteiger partial charge in [-0.3, -0.25) is 4.79 Å². The smallest absolute Gasteiger partial charge is 0.387 e. The molecule has 6 heteroatoms. The van der Waals surface area contributed by atoms with Gasteiger partial charge < -0.3 is 15.3 Å². The fourth-order valence-electron chi connectivity index (χ4n) is 2.06. The van der Waals surface area contributed by atoms with Gasteiger partial charge in [-0.15, -0.1) is 0 Å². The van der Waals surface area contributed by atoms with Crippen molar-refractivity contribution in [1.82, 2.24) is 0 Å². The number of aldehydes is 1. The lowest BCUT2D eigenvalue weighted by atomic mass is 10.1. The van der Waals surface area contributed by atoms with Crippen molar-refractivity contribution in [3.63, 3.8) is 0 Å². The minimum atomic E-state index is -2.74. The number of ether oxygens (including phenoxy) is 1. The molecule has 194 valence electrons. The Bertz CT molecular complexity index is 775. The Hall–Kier alpha value is -2.76. The predicted molar refractivity (Wildman–Crippen MR) is 140 cm³/mol. The molecule has 0 unspecified atom stereocenters. The fraction of sp³-hybridized carbons (Fsp3) is 0.500. The van der Waals surface area contributed by atoms with Crippen LogP contribution in [-0.2, 0) is 11.2 Å². The standard InChI is InChI=1S/C10H12F2O.C9H11NO.C4H10.C3H6O.C2H6/c1-2-4-8-5-3-6-9(7-8)13-10(11)12;1-6-3-4-8(9(10)11)5-7(6)2;1-4(2)3;1-2-3-4;1-2/h3,5-7,10H,2,4H2,1H3;3-5H,1-2H3,(H2,10,11);4H,1-3H3;3H,2H2,1H3;1-2H3. The normalized spacial score (nSPS) is 9.09. The summed E-state index contributed by atoms with van der Waals surface area (Å²) >= 11 is 0. The van der Waals surface area contributed by atoms with Gasteiger partial charge in [-0.05, 0) is 67.1 Å². The first-order chi connectivity index (χ1) is 16.0. The van der Waals surface area contributed by atoms with E-state index in [1.165, 1.54) is 11.6 Å². The molecule has 1 amide bonds. The third kappa shape index (κ3) is 22.4. The molecule has 0 bridgehead atoms. The van der Waals surface area contributed by atoms with Gasteiger partial charge in [-0.25, -0.2) is 0 Å². The molecule has 34 heavy (non-hydrogen) atoms. The zero-order valence-electron chi connectivity index (χ0n) is 22.5. The highest BCUT2D eigenvalue weighted by Crippen LogP contribution is 2.16. The van der Waals surface area contributed by atoms with E-state index < -0.39 is 6.61 Å². The molecule has 0 heterocycles. The molecule has 0 saturated heterocycles. The Labute approximate surface area is 205 Å². The van der Waals surface area contributed by atoms with Crippen LogP contribution in [0.2, 0.25) is 0 Å². The van der Waals surface area contributed by atoms with Crippen molar-refractivity contribution in [2.24, 2.45) is 11.7 Å². The van der Waals surface area contributed by atoms with Crippen LogP contribution in [0.4, 0.5) is 8.78 Å². The van der Waals surface area contributed by atoms with Crippen molar-refractivity contribution in [3.05, 3.63) is 64.7 Å². The summed E-state index contributed by atoms with van der Waals surface area (Å²) in [6, 6.07) is 12.3. The van der Waals surface area contributed by atoms with Crippen LogP contribution in [-0.4, -0.2) is 18.8 Å². The Morgan fingerprint density at radius 1 is 1.00 bits per heavy atom. The molecule has 0 aliphatic carbocycles. The summed E-state index contributed by atoms with van der Waals surface area (Å²) in [5, 5.41) is 0. The highest BCUT2D eigenvalue weighted by Gasteiger charge is 2.03. The quantitative estimate of drug-likeness (QED) is 0.426. The fourth-order valence-corrected chi connectivity index (χ4v) is 2.06. The number of nitrogens with two attached hydrogens (primary N) is 1. The van der Waals surface area contributed by atoms with Crippen LogP contribution in [0.15, 0.2) is 42.5 Å². The molecule has 0 fully saturated rings. The van der Waals surface area contributed by atoms with Gasteiger partial charge in [-0.2, -0.15) is 8.78 Å². The minimum absolute atomic E-state index is 0.237.